The van der Waals surface area contributed by atoms with Gasteiger partial charge < -0.3 is 15.2 Å². The fraction of sp³-hybridized carbons (Fsp3) is 0.588. The van der Waals surface area contributed by atoms with Gasteiger partial charge in [-0.05, 0) is 37.4 Å². The van der Waals surface area contributed by atoms with Crippen LogP contribution in [0.1, 0.15) is 24.8 Å². The monoisotopic (exact) mass is 304 g/mol. The molecule has 120 valence electrons. The van der Waals surface area contributed by atoms with Crippen molar-refractivity contribution >= 4 is 5.91 Å². The Hall–Kier alpha value is -1.59. The zero-order valence-corrected chi connectivity index (χ0v) is 12.8. The molecule has 5 nitrogen and oxygen atoms in total. The SMILES string of the molecule is O=C(CCc1ccccc1O)NC[C@@H]1CN2CCC[C@@H]2CO1. The fourth-order valence-electron chi connectivity index (χ4n) is 3.30. The van der Waals surface area contributed by atoms with Crippen LogP contribution in [0, 0.1) is 0 Å². The predicted octanol–water partition coefficient (Wildman–Crippen LogP) is 1.30. The molecule has 0 spiro atoms. The van der Waals surface area contributed by atoms with Gasteiger partial charge in [-0.2, -0.15) is 0 Å². The van der Waals surface area contributed by atoms with Crippen molar-refractivity contribution in [1.82, 2.24) is 10.2 Å². The van der Waals surface area contributed by atoms with Crippen LogP contribution in [0.15, 0.2) is 24.3 Å². The zero-order chi connectivity index (χ0) is 15.4. The summed E-state index contributed by atoms with van der Waals surface area (Å²) in [6.45, 7) is 3.44. The first-order valence-electron chi connectivity index (χ1n) is 8.11. The number of morpholine rings is 1. The minimum absolute atomic E-state index is 0.00963. The van der Waals surface area contributed by atoms with E-state index in [9.17, 15) is 9.90 Å². The second-order valence-electron chi connectivity index (χ2n) is 6.18. The number of amides is 1. The number of carbonyl (C=O) groups excluding carboxylic acids is 1. The van der Waals surface area contributed by atoms with E-state index in [0.717, 1.165) is 25.3 Å². The number of rotatable bonds is 5. The quantitative estimate of drug-likeness (QED) is 0.861. The van der Waals surface area contributed by atoms with Crippen LogP contribution in [-0.4, -0.2) is 54.3 Å². The van der Waals surface area contributed by atoms with Crippen molar-refractivity contribution in [2.75, 3.05) is 26.2 Å². The maximum Gasteiger partial charge on any atom is 0.220 e. The molecule has 0 bridgehead atoms. The lowest BCUT2D eigenvalue weighted by molar-refractivity contribution is -0.122. The molecule has 1 aromatic rings. The third kappa shape index (κ3) is 3.78. The van der Waals surface area contributed by atoms with E-state index in [1.54, 1.807) is 12.1 Å². The maximum absolute atomic E-state index is 11.9. The summed E-state index contributed by atoms with van der Waals surface area (Å²) < 4.78 is 5.83. The fourth-order valence-corrected chi connectivity index (χ4v) is 3.30. The van der Waals surface area contributed by atoms with Gasteiger partial charge in [-0.25, -0.2) is 0 Å². The van der Waals surface area contributed by atoms with Gasteiger partial charge in [-0.15, -0.1) is 0 Å². The number of aryl methyl sites for hydroxylation is 1. The second-order valence-corrected chi connectivity index (χ2v) is 6.18. The van der Waals surface area contributed by atoms with Crippen molar-refractivity contribution in [2.24, 2.45) is 0 Å². The van der Waals surface area contributed by atoms with E-state index in [0.29, 0.717) is 25.4 Å². The van der Waals surface area contributed by atoms with E-state index in [1.165, 1.54) is 12.8 Å². The van der Waals surface area contributed by atoms with Gasteiger partial charge in [0.25, 0.3) is 0 Å². The Labute approximate surface area is 131 Å². The Bertz CT molecular complexity index is 520. The second kappa shape index (κ2) is 7.11. The normalized spacial score (nSPS) is 24.9. The van der Waals surface area contributed by atoms with E-state index in [4.69, 9.17) is 4.74 Å². The van der Waals surface area contributed by atoms with Gasteiger partial charge in [0.1, 0.15) is 5.75 Å². The van der Waals surface area contributed by atoms with Gasteiger partial charge in [-0.1, -0.05) is 18.2 Å². The number of ether oxygens (including phenoxy) is 1. The largest absolute Gasteiger partial charge is 0.508 e. The van der Waals surface area contributed by atoms with Crippen molar-refractivity contribution in [3.05, 3.63) is 29.8 Å². The molecule has 1 aromatic carbocycles. The molecular weight excluding hydrogens is 280 g/mol. The highest BCUT2D eigenvalue weighted by molar-refractivity contribution is 5.76. The van der Waals surface area contributed by atoms with E-state index in [2.05, 4.69) is 10.2 Å². The van der Waals surface area contributed by atoms with Crippen molar-refractivity contribution in [2.45, 2.75) is 37.8 Å². The Balaban J connectivity index is 1.38. The molecule has 0 radical (unpaired) electrons. The van der Waals surface area contributed by atoms with E-state index in [-0.39, 0.29) is 17.8 Å². The van der Waals surface area contributed by atoms with E-state index in [1.807, 2.05) is 12.1 Å². The molecule has 3 rings (SSSR count). The van der Waals surface area contributed by atoms with Crippen LogP contribution < -0.4 is 5.32 Å². The maximum atomic E-state index is 11.9. The standard InChI is InChI=1S/C17H24N2O3/c20-16-6-2-1-4-13(16)7-8-17(21)18-10-15-11-19-9-3-5-14(19)12-22-15/h1-2,4,6,14-15,20H,3,5,7-12H2,(H,18,21)/t14-,15-/m1/s1. The average molecular weight is 304 g/mol. The van der Waals surface area contributed by atoms with Crippen LogP contribution >= 0.6 is 0 Å². The molecule has 0 aromatic heterocycles. The number of para-hydroxylation sites is 1. The Morgan fingerprint density at radius 3 is 3.14 bits per heavy atom. The summed E-state index contributed by atoms with van der Waals surface area (Å²) in [5.41, 5.74) is 0.812. The summed E-state index contributed by atoms with van der Waals surface area (Å²) in [7, 11) is 0. The molecule has 2 aliphatic rings. The third-order valence-corrected chi connectivity index (χ3v) is 4.60. The van der Waals surface area contributed by atoms with Gasteiger partial charge in [0, 0.05) is 25.6 Å². The lowest BCUT2D eigenvalue weighted by Crippen LogP contribution is -2.50. The molecule has 22 heavy (non-hydrogen) atoms. The van der Waals surface area contributed by atoms with Crippen LogP contribution in [0.4, 0.5) is 0 Å². The number of hydrogen-bond acceptors (Lipinski definition) is 4. The molecular formula is C17H24N2O3. The van der Waals surface area contributed by atoms with Crippen molar-refractivity contribution < 1.29 is 14.6 Å². The molecule has 2 heterocycles. The lowest BCUT2D eigenvalue weighted by Gasteiger charge is -2.35. The number of nitrogens with zero attached hydrogens (tertiary/aromatic N) is 1. The van der Waals surface area contributed by atoms with Crippen LogP contribution in [0.3, 0.4) is 0 Å². The molecule has 0 unspecified atom stereocenters. The molecule has 2 N–H and O–H groups in total. The highest BCUT2D eigenvalue weighted by Crippen LogP contribution is 2.22. The number of nitrogens with one attached hydrogen (secondary N) is 1. The summed E-state index contributed by atoms with van der Waals surface area (Å²) in [5.74, 6) is 0.265. The summed E-state index contributed by atoms with van der Waals surface area (Å²) in [4.78, 5) is 14.4. The molecule has 2 aliphatic heterocycles. The topological polar surface area (TPSA) is 61.8 Å². The van der Waals surface area contributed by atoms with E-state index < -0.39 is 0 Å². The summed E-state index contributed by atoms with van der Waals surface area (Å²) in [6, 6.07) is 7.74. The number of hydrogen-bond donors (Lipinski definition) is 2. The van der Waals surface area contributed by atoms with Crippen molar-refractivity contribution in [3.8, 4) is 5.75 Å². The lowest BCUT2D eigenvalue weighted by atomic mass is 10.1. The van der Waals surface area contributed by atoms with Gasteiger partial charge in [0.15, 0.2) is 0 Å². The van der Waals surface area contributed by atoms with Crippen LogP contribution in [-0.2, 0) is 16.0 Å². The number of benzene rings is 1. The summed E-state index contributed by atoms with van der Waals surface area (Å²) in [5, 5.41) is 12.6. The highest BCUT2D eigenvalue weighted by Gasteiger charge is 2.32. The first-order valence-corrected chi connectivity index (χ1v) is 8.11. The Kier molecular flexibility index (Phi) is 4.95. The number of carbonyl (C=O) groups is 1. The zero-order valence-electron chi connectivity index (χ0n) is 12.8. The Morgan fingerprint density at radius 2 is 2.27 bits per heavy atom. The molecule has 5 heteroatoms. The van der Waals surface area contributed by atoms with Gasteiger partial charge >= 0.3 is 0 Å². The first kappa shape index (κ1) is 15.3. The number of fused-ring (bicyclic) bond motifs is 1. The van der Waals surface area contributed by atoms with Crippen molar-refractivity contribution in [1.29, 1.82) is 0 Å². The summed E-state index contributed by atoms with van der Waals surface area (Å²) in [6.07, 6.45) is 3.53. The molecule has 2 atom stereocenters. The average Bonchev–Trinajstić information content (AvgIpc) is 2.99. The molecule has 0 aliphatic carbocycles. The number of phenols is 1. The molecule has 2 fully saturated rings. The van der Waals surface area contributed by atoms with Gasteiger partial charge in [0.2, 0.25) is 5.91 Å². The van der Waals surface area contributed by atoms with Crippen LogP contribution in [0.25, 0.3) is 0 Å². The van der Waals surface area contributed by atoms with Crippen molar-refractivity contribution in [3.63, 3.8) is 0 Å². The molecule has 1 amide bonds. The predicted molar refractivity (Wildman–Crippen MR) is 83.8 cm³/mol. The molecule has 2 saturated heterocycles. The van der Waals surface area contributed by atoms with Crippen LogP contribution in [0.2, 0.25) is 0 Å². The highest BCUT2D eigenvalue weighted by atomic mass is 16.5. The summed E-state index contributed by atoms with van der Waals surface area (Å²) >= 11 is 0. The van der Waals surface area contributed by atoms with Crippen LogP contribution in [0.5, 0.6) is 5.75 Å². The number of aromatic hydroxyl groups is 1. The Morgan fingerprint density at radius 1 is 1.41 bits per heavy atom. The molecule has 0 saturated carbocycles. The van der Waals surface area contributed by atoms with Gasteiger partial charge in [0.05, 0.1) is 12.7 Å². The minimum atomic E-state index is 0.00963. The minimum Gasteiger partial charge on any atom is -0.508 e. The third-order valence-electron chi connectivity index (χ3n) is 4.60. The first-order chi connectivity index (χ1) is 10.7. The van der Waals surface area contributed by atoms with E-state index >= 15 is 0 Å². The number of phenolic OH excluding ortho intramolecular Hbond substituents is 1. The van der Waals surface area contributed by atoms with Gasteiger partial charge in [-0.3, -0.25) is 9.69 Å². The smallest absolute Gasteiger partial charge is 0.220 e.